The molecule has 0 saturated heterocycles. The van der Waals surface area contributed by atoms with Gasteiger partial charge in [0.25, 0.3) is 11.6 Å². The maximum atomic E-state index is 13.2. The van der Waals surface area contributed by atoms with Gasteiger partial charge in [-0.15, -0.1) is 0 Å². The van der Waals surface area contributed by atoms with Crippen LogP contribution < -0.4 is 0 Å². The van der Waals surface area contributed by atoms with Crippen LogP contribution in [-0.2, 0) is 0 Å². The highest BCUT2D eigenvalue weighted by Gasteiger charge is 2.24. The Morgan fingerprint density at radius 3 is 2.63 bits per heavy atom. The summed E-state index contributed by atoms with van der Waals surface area (Å²) in [6.45, 7) is 4.73. The van der Waals surface area contributed by atoms with Crippen molar-refractivity contribution in [2.24, 2.45) is 0 Å². The minimum Gasteiger partial charge on any atom is -0.339 e. The lowest BCUT2D eigenvalue weighted by molar-refractivity contribution is -0.385. The molecule has 5 nitrogen and oxygen atoms in total. The maximum absolute atomic E-state index is 13.2. The summed E-state index contributed by atoms with van der Waals surface area (Å²) in [6.07, 6.45) is 1.72. The lowest BCUT2D eigenvalue weighted by Gasteiger charge is -2.20. The second-order valence-electron chi connectivity index (χ2n) is 4.16. The molecule has 0 aliphatic rings. The summed E-state index contributed by atoms with van der Waals surface area (Å²) >= 11 is 0. The van der Waals surface area contributed by atoms with E-state index in [1.807, 2.05) is 6.92 Å². The Bertz CT molecular complexity index is 477. The Labute approximate surface area is 111 Å². The number of unbranched alkanes of at least 4 members (excludes halogenated alkanes) is 1. The summed E-state index contributed by atoms with van der Waals surface area (Å²) in [5.41, 5.74) is -0.552. The van der Waals surface area contributed by atoms with Gasteiger partial charge in [-0.1, -0.05) is 13.3 Å². The number of nitro groups is 1. The second kappa shape index (κ2) is 6.82. The third-order valence-corrected chi connectivity index (χ3v) is 2.84. The molecule has 1 aromatic carbocycles. The van der Waals surface area contributed by atoms with Crippen LogP contribution in [0.4, 0.5) is 10.1 Å². The smallest absolute Gasteiger partial charge is 0.282 e. The van der Waals surface area contributed by atoms with Crippen molar-refractivity contribution >= 4 is 11.6 Å². The van der Waals surface area contributed by atoms with E-state index in [9.17, 15) is 19.3 Å². The highest BCUT2D eigenvalue weighted by atomic mass is 19.1. The van der Waals surface area contributed by atoms with Gasteiger partial charge < -0.3 is 4.90 Å². The number of hydrogen-bond acceptors (Lipinski definition) is 3. The molecular weight excluding hydrogens is 251 g/mol. The third-order valence-electron chi connectivity index (χ3n) is 2.84. The van der Waals surface area contributed by atoms with Gasteiger partial charge in [0.1, 0.15) is 11.4 Å². The Balaban J connectivity index is 3.09. The number of nitrogens with zero attached hydrogens (tertiary/aromatic N) is 2. The lowest BCUT2D eigenvalue weighted by atomic mass is 10.1. The van der Waals surface area contributed by atoms with Gasteiger partial charge in [-0.25, -0.2) is 4.39 Å². The average Bonchev–Trinajstić information content (AvgIpc) is 2.38. The molecule has 0 spiro atoms. The van der Waals surface area contributed by atoms with Crippen molar-refractivity contribution in [1.82, 2.24) is 4.90 Å². The monoisotopic (exact) mass is 268 g/mol. The molecule has 1 rings (SSSR count). The van der Waals surface area contributed by atoms with E-state index in [4.69, 9.17) is 0 Å². The summed E-state index contributed by atoms with van der Waals surface area (Å²) in [6, 6.07) is 2.93. The molecule has 0 radical (unpaired) electrons. The van der Waals surface area contributed by atoms with Crippen LogP contribution in [0.1, 0.15) is 37.0 Å². The zero-order valence-electron chi connectivity index (χ0n) is 11.1. The molecule has 0 unspecified atom stereocenters. The first-order chi connectivity index (χ1) is 9.01. The summed E-state index contributed by atoms with van der Waals surface area (Å²) < 4.78 is 13.2. The van der Waals surface area contributed by atoms with E-state index in [1.54, 1.807) is 6.92 Å². The lowest BCUT2D eigenvalue weighted by Crippen LogP contribution is -2.32. The van der Waals surface area contributed by atoms with Crippen LogP contribution in [-0.4, -0.2) is 28.8 Å². The van der Waals surface area contributed by atoms with E-state index in [1.165, 1.54) is 4.90 Å². The Morgan fingerprint density at radius 1 is 1.42 bits per heavy atom. The number of halogens is 1. The van der Waals surface area contributed by atoms with Gasteiger partial charge >= 0.3 is 0 Å². The minimum absolute atomic E-state index is 0.192. The molecule has 0 aliphatic heterocycles. The second-order valence-corrected chi connectivity index (χ2v) is 4.16. The van der Waals surface area contributed by atoms with Gasteiger partial charge in [-0.3, -0.25) is 14.9 Å². The van der Waals surface area contributed by atoms with Gasteiger partial charge in [0, 0.05) is 19.2 Å². The fourth-order valence-electron chi connectivity index (χ4n) is 1.76. The SMILES string of the molecule is CCCCN(CC)C(=O)c1cc(F)ccc1[N+](=O)[O-]. The molecule has 0 aliphatic carbocycles. The maximum Gasteiger partial charge on any atom is 0.282 e. The molecule has 0 saturated carbocycles. The Hall–Kier alpha value is -1.98. The first-order valence-corrected chi connectivity index (χ1v) is 6.24. The topological polar surface area (TPSA) is 63.5 Å². The van der Waals surface area contributed by atoms with Gasteiger partial charge in [0.05, 0.1) is 4.92 Å². The summed E-state index contributed by atoms with van der Waals surface area (Å²) in [4.78, 5) is 23.9. The van der Waals surface area contributed by atoms with Crippen molar-refractivity contribution in [3.63, 3.8) is 0 Å². The molecule has 0 aromatic heterocycles. The van der Waals surface area contributed by atoms with Crippen LogP contribution in [0, 0.1) is 15.9 Å². The average molecular weight is 268 g/mol. The van der Waals surface area contributed by atoms with E-state index in [0.717, 1.165) is 31.0 Å². The molecule has 1 aromatic rings. The Kier molecular flexibility index (Phi) is 5.41. The number of carbonyl (C=O) groups excluding carboxylic acids is 1. The molecule has 0 N–H and O–H groups in total. The zero-order valence-corrected chi connectivity index (χ0v) is 11.1. The summed E-state index contributed by atoms with van der Waals surface area (Å²) in [5.74, 6) is -1.15. The van der Waals surface area contributed by atoms with Crippen LogP contribution in [0.3, 0.4) is 0 Å². The van der Waals surface area contributed by atoms with Gasteiger partial charge in [-0.05, 0) is 25.5 Å². The Morgan fingerprint density at radius 2 is 2.11 bits per heavy atom. The van der Waals surface area contributed by atoms with Gasteiger partial charge in [0.15, 0.2) is 0 Å². The number of rotatable bonds is 6. The van der Waals surface area contributed by atoms with E-state index < -0.39 is 16.6 Å². The third kappa shape index (κ3) is 3.74. The van der Waals surface area contributed by atoms with E-state index in [2.05, 4.69) is 0 Å². The van der Waals surface area contributed by atoms with Gasteiger partial charge in [-0.2, -0.15) is 0 Å². The van der Waals surface area contributed by atoms with Crippen molar-refractivity contribution in [3.8, 4) is 0 Å². The molecule has 0 fully saturated rings. The summed E-state index contributed by atoms with van der Waals surface area (Å²) in [7, 11) is 0. The molecule has 0 atom stereocenters. The number of hydrogen-bond donors (Lipinski definition) is 0. The number of benzene rings is 1. The number of carbonyl (C=O) groups is 1. The fourth-order valence-corrected chi connectivity index (χ4v) is 1.76. The van der Waals surface area contributed by atoms with E-state index in [0.29, 0.717) is 13.1 Å². The van der Waals surface area contributed by atoms with Crippen molar-refractivity contribution in [2.45, 2.75) is 26.7 Å². The highest BCUT2D eigenvalue weighted by molar-refractivity contribution is 5.98. The van der Waals surface area contributed by atoms with Crippen molar-refractivity contribution < 1.29 is 14.1 Å². The quantitative estimate of drug-likeness (QED) is 0.588. The zero-order chi connectivity index (χ0) is 14.4. The van der Waals surface area contributed by atoms with Crippen LogP contribution >= 0.6 is 0 Å². The fraction of sp³-hybridized carbons (Fsp3) is 0.462. The molecule has 104 valence electrons. The normalized spacial score (nSPS) is 10.3. The summed E-state index contributed by atoms with van der Waals surface area (Å²) in [5, 5.41) is 10.9. The molecule has 0 heterocycles. The number of amides is 1. The largest absolute Gasteiger partial charge is 0.339 e. The first kappa shape index (κ1) is 15.1. The van der Waals surface area contributed by atoms with Crippen LogP contribution in [0.15, 0.2) is 18.2 Å². The van der Waals surface area contributed by atoms with Crippen LogP contribution in [0.2, 0.25) is 0 Å². The first-order valence-electron chi connectivity index (χ1n) is 6.24. The molecule has 0 bridgehead atoms. The van der Waals surface area contributed by atoms with Crippen molar-refractivity contribution in [2.75, 3.05) is 13.1 Å². The molecular formula is C13H17FN2O3. The molecule has 1 amide bonds. The van der Waals surface area contributed by atoms with Crippen LogP contribution in [0.25, 0.3) is 0 Å². The predicted molar refractivity (Wildman–Crippen MR) is 69.5 cm³/mol. The van der Waals surface area contributed by atoms with Gasteiger partial charge in [0.2, 0.25) is 0 Å². The minimum atomic E-state index is -0.666. The highest BCUT2D eigenvalue weighted by Crippen LogP contribution is 2.21. The van der Waals surface area contributed by atoms with Crippen LogP contribution in [0.5, 0.6) is 0 Å². The van der Waals surface area contributed by atoms with E-state index >= 15 is 0 Å². The van der Waals surface area contributed by atoms with E-state index in [-0.39, 0.29) is 11.3 Å². The number of nitro benzene ring substituents is 1. The molecule has 19 heavy (non-hydrogen) atoms. The standard InChI is InChI=1S/C13H17FN2O3/c1-3-5-8-15(4-2)13(17)11-9-10(14)6-7-12(11)16(18)19/h6-7,9H,3-5,8H2,1-2H3. The van der Waals surface area contributed by atoms with Crippen molar-refractivity contribution in [3.05, 3.63) is 39.7 Å². The predicted octanol–water partition coefficient (Wildman–Crippen LogP) is 3.00. The van der Waals surface area contributed by atoms with Crippen molar-refractivity contribution in [1.29, 1.82) is 0 Å². The molecule has 6 heteroatoms.